The van der Waals surface area contributed by atoms with Gasteiger partial charge in [0.25, 0.3) is 5.91 Å². The largest absolute Gasteiger partial charge is 0.508 e. The molecular formula is C25H18F3N3O6. The number of nitrogens with zero attached hydrogens (tertiary/aromatic N) is 2. The second-order valence-electron chi connectivity index (χ2n) is 7.35. The smallest absolute Gasteiger partial charge is 0.416 e. The molecule has 37 heavy (non-hydrogen) atoms. The number of aromatic hydroxyl groups is 1. The molecule has 1 amide bonds. The predicted octanol–water partition coefficient (Wildman–Crippen LogP) is 6.06. The molecule has 0 heterocycles. The summed E-state index contributed by atoms with van der Waals surface area (Å²) in [5, 5.41) is 32.7. The molecule has 0 aliphatic heterocycles. The monoisotopic (exact) mass is 513 g/mol. The number of carbonyl (C=O) groups excluding carboxylic acids is 1. The van der Waals surface area contributed by atoms with E-state index in [0.717, 1.165) is 6.07 Å². The normalized spacial score (nSPS) is 11.4. The third-order valence-electron chi connectivity index (χ3n) is 4.77. The average molecular weight is 513 g/mol. The van der Waals surface area contributed by atoms with Gasteiger partial charge in [0.05, 0.1) is 17.1 Å². The molecule has 9 nitrogen and oxygen atoms in total. The van der Waals surface area contributed by atoms with E-state index in [1.165, 1.54) is 48.5 Å². The molecular weight excluding hydrogens is 495 g/mol. The van der Waals surface area contributed by atoms with Crippen molar-refractivity contribution in [3.8, 4) is 29.1 Å². The van der Waals surface area contributed by atoms with Gasteiger partial charge in [-0.05, 0) is 67.1 Å². The fourth-order valence-electron chi connectivity index (χ4n) is 3.07. The molecule has 0 saturated carbocycles. The molecule has 0 atom stereocenters. The zero-order chi connectivity index (χ0) is 27.2. The first kappa shape index (κ1) is 26.6. The van der Waals surface area contributed by atoms with Gasteiger partial charge < -0.3 is 19.9 Å². The summed E-state index contributed by atoms with van der Waals surface area (Å²) in [6, 6.07) is 13.4. The number of phenolic OH excluding ortho intramolecular Hbond substituents is 1. The SMILES string of the molecule is CCOc1cc(/C=C(\C#N)C(=O)Nc2ccc(O)cc2)ccc1Oc1ccc(C(F)(F)F)cc1[N+](=O)[O-]. The summed E-state index contributed by atoms with van der Waals surface area (Å²) in [6.07, 6.45) is -3.51. The fourth-order valence-corrected chi connectivity index (χ4v) is 3.07. The maximum atomic E-state index is 13.0. The number of alkyl halides is 3. The number of benzene rings is 3. The van der Waals surface area contributed by atoms with E-state index >= 15 is 0 Å². The Bertz CT molecular complexity index is 1400. The standard InChI is InChI=1S/C25H18F3N3O6/c1-2-36-23-12-15(11-16(14-29)24(33)30-18-5-7-19(32)8-6-18)3-9-22(23)37-21-10-4-17(25(26,27)28)13-20(21)31(34)35/h3-13,32H,2H2,1H3,(H,30,33)/b16-11+. The third kappa shape index (κ3) is 6.76. The number of hydrogen-bond acceptors (Lipinski definition) is 7. The molecule has 12 heteroatoms. The van der Waals surface area contributed by atoms with Crippen molar-refractivity contribution in [1.82, 2.24) is 0 Å². The second kappa shape index (κ2) is 11.1. The number of anilines is 1. The van der Waals surface area contributed by atoms with Gasteiger partial charge in [0.15, 0.2) is 11.5 Å². The molecule has 3 aromatic rings. The maximum Gasteiger partial charge on any atom is 0.416 e. The highest BCUT2D eigenvalue weighted by atomic mass is 19.4. The van der Waals surface area contributed by atoms with Crippen molar-refractivity contribution >= 4 is 23.4 Å². The Hall–Kier alpha value is -5.05. The predicted molar refractivity (Wildman–Crippen MR) is 126 cm³/mol. The van der Waals surface area contributed by atoms with Crippen LogP contribution in [0.25, 0.3) is 6.08 Å². The van der Waals surface area contributed by atoms with E-state index < -0.39 is 34.0 Å². The van der Waals surface area contributed by atoms with Gasteiger partial charge in [-0.15, -0.1) is 0 Å². The van der Waals surface area contributed by atoms with Crippen LogP contribution in [-0.4, -0.2) is 22.5 Å². The van der Waals surface area contributed by atoms with Crippen LogP contribution in [0.3, 0.4) is 0 Å². The van der Waals surface area contributed by atoms with Gasteiger partial charge in [-0.1, -0.05) is 6.07 Å². The average Bonchev–Trinajstić information content (AvgIpc) is 2.84. The summed E-state index contributed by atoms with van der Waals surface area (Å²) in [6.45, 7) is 1.80. The molecule has 0 aliphatic rings. The lowest BCUT2D eigenvalue weighted by atomic mass is 10.1. The molecule has 0 aliphatic carbocycles. The molecule has 3 rings (SSSR count). The molecule has 0 fully saturated rings. The lowest BCUT2D eigenvalue weighted by Gasteiger charge is -2.14. The van der Waals surface area contributed by atoms with Crippen molar-refractivity contribution in [2.24, 2.45) is 0 Å². The summed E-state index contributed by atoms with van der Waals surface area (Å²) in [7, 11) is 0. The van der Waals surface area contributed by atoms with Gasteiger partial charge in [-0.2, -0.15) is 18.4 Å². The van der Waals surface area contributed by atoms with Crippen LogP contribution in [0.4, 0.5) is 24.5 Å². The molecule has 0 bridgehead atoms. The van der Waals surface area contributed by atoms with Crippen molar-refractivity contribution in [3.05, 3.63) is 87.5 Å². The Morgan fingerprint density at radius 2 is 1.78 bits per heavy atom. The van der Waals surface area contributed by atoms with E-state index in [4.69, 9.17) is 9.47 Å². The van der Waals surface area contributed by atoms with E-state index in [1.54, 1.807) is 13.0 Å². The highest BCUT2D eigenvalue weighted by Crippen LogP contribution is 2.40. The Kier molecular flexibility index (Phi) is 7.99. The van der Waals surface area contributed by atoms with Gasteiger partial charge in [0, 0.05) is 11.8 Å². The van der Waals surface area contributed by atoms with Crippen LogP contribution in [0, 0.1) is 21.4 Å². The Morgan fingerprint density at radius 3 is 2.38 bits per heavy atom. The van der Waals surface area contributed by atoms with E-state index in [1.807, 2.05) is 0 Å². The first-order valence-electron chi connectivity index (χ1n) is 10.5. The molecule has 190 valence electrons. The Balaban J connectivity index is 1.91. The van der Waals surface area contributed by atoms with Crippen LogP contribution in [0.5, 0.6) is 23.0 Å². The lowest BCUT2D eigenvalue weighted by Crippen LogP contribution is -2.13. The van der Waals surface area contributed by atoms with Crippen molar-refractivity contribution in [1.29, 1.82) is 5.26 Å². The number of carbonyl (C=O) groups is 1. The summed E-state index contributed by atoms with van der Waals surface area (Å²) in [5.41, 5.74) is -1.66. The van der Waals surface area contributed by atoms with E-state index in [0.29, 0.717) is 23.4 Å². The highest BCUT2D eigenvalue weighted by molar-refractivity contribution is 6.09. The van der Waals surface area contributed by atoms with Gasteiger partial charge in [-0.3, -0.25) is 14.9 Å². The number of rotatable bonds is 8. The molecule has 3 aromatic carbocycles. The van der Waals surface area contributed by atoms with Crippen LogP contribution in [0.15, 0.2) is 66.2 Å². The van der Waals surface area contributed by atoms with Crippen molar-refractivity contribution < 1.29 is 37.5 Å². The van der Waals surface area contributed by atoms with Crippen molar-refractivity contribution in [2.75, 3.05) is 11.9 Å². The number of hydrogen-bond donors (Lipinski definition) is 2. The molecule has 0 unspecified atom stereocenters. The maximum absolute atomic E-state index is 13.0. The quantitative estimate of drug-likeness (QED) is 0.123. The number of phenols is 1. The lowest BCUT2D eigenvalue weighted by molar-refractivity contribution is -0.385. The van der Waals surface area contributed by atoms with Crippen LogP contribution >= 0.6 is 0 Å². The molecule has 2 N–H and O–H groups in total. The third-order valence-corrected chi connectivity index (χ3v) is 4.77. The Morgan fingerprint density at radius 1 is 1.11 bits per heavy atom. The van der Waals surface area contributed by atoms with Crippen LogP contribution in [0.1, 0.15) is 18.1 Å². The summed E-state index contributed by atoms with van der Waals surface area (Å²) < 4.78 is 50.0. The topological polar surface area (TPSA) is 135 Å². The fraction of sp³-hybridized carbons (Fsp3) is 0.120. The van der Waals surface area contributed by atoms with Gasteiger partial charge in [0.2, 0.25) is 5.75 Å². The zero-order valence-corrected chi connectivity index (χ0v) is 19.1. The number of nitrogens with one attached hydrogen (secondary N) is 1. The second-order valence-corrected chi connectivity index (χ2v) is 7.35. The van der Waals surface area contributed by atoms with Crippen LogP contribution < -0.4 is 14.8 Å². The minimum absolute atomic E-state index is 0.00133. The summed E-state index contributed by atoms with van der Waals surface area (Å²) >= 11 is 0. The van der Waals surface area contributed by atoms with Crippen molar-refractivity contribution in [3.63, 3.8) is 0 Å². The van der Waals surface area contributed by atoms with Crippen LogP contribution in [-0.2, 0) is 11.0 Å². The highest BCUT2D eigenvalue weighted by Gasteiger charge is 2.33. The van der Waals surface area contributed by atoms with E-state index in [-0.39, 0.29) is 29.4 Å². The number of nitro groups is 1. The minimum atomic E-state index is -4.78. The van der Waals surface area contributed by atoms with E-state index in [9.17, 15) is 38.4 Å². The minimum Gasteiger partial charge on any atom is -0.508 e. The molecule has 0 spiro atoms. The van der Waals surface area contributed by atoms with Gasteiger partial charge in [0.1, 0.15) is 17.4 Å². The number of nitro benzene ring substituents is 1. The number of nitriles is 1. The first-order valence-corrected chi connectivity index (χ1v) is 10.5. The molecule has 0 radical (unpaired) electrons. The van der Waals surface area contributed by atoms with Crippen molar-refractivity contribution in [2.45, 2.75) is 13.1 Å². The van der Waals surface area contributed by atoms with Gasteiger partial charge >= 0.3 is 11.9 Å². The zero-order valence-electron chi connectivity index (χ0n) is 19.1. The van der Waals surface area contributed by atoms with Crippen LogP contribution in [0.2, 0.25) is 0 Å². The molecule has 0 saturated heterocycles. The van der Waals surface area contributed by atoms with Gasteiger partial charge in [-0.25, -0.2) is 0 Å². The first-order chi connectivity index (χ1) is 17.5. The Labute approximate surface area is 208 Å². The van der Waals surface area contributed by atoms with E-state index in [2.05, 4.69) is 5.32 Å². The molecule has 0 aromatic heterocycles. The number of amides is 1. The number of halogens is 3. The number of ether oxygens (including phenoxy) is 2. The summed E-state index contributed by atoms with van der Waals surface area (Å²) in [5.74, 6) is -1.11. The summed E-state index contributed by atoms with van der Waals surface area (Å²) in [4.78, 5) is 22.9.